The Kier molecular flexibility index (Phi) is 4.01. The van der Waals surface area contributed by atoms with E-state index in [-0.39, 0.29) is 0 Å². The highest BCUT2D eigenvalue weighted by molar-refractivity contribution is 5.89. The molecule has 1 aromatic carbocycles. The molecule has 0 bridgehead atoms. The summed E-state index contributed by atoms with van der Waals surface area (Å²) in [6.07, 6.45) is 2.97. The van der Waals surface area contributed by atoms with Gasteiger partial charge in [-0.2, -0.15) is 0 Å². The van der Waals surface area contributed by atoms with Crippen molar-refractivity contribution in [2.75, 3.05) is 32.1 Å². The largest absolute Gasteiger partial charge is 0.386 e. The molecular formula is C22H26N6O. The highest BCUT2D eigenvalue weighted by Crippen LogP contribution is 2.31. The van der Waals surface area contributed by atoms with Crippen molar-refractivity contribution in [3.05, 3.63) is 42.1 Å². The van der Waals surface area contributed by atoms with Gasteiger partial charge in [-0.05, 0) is 52.6 Å². The van der Waals surface area contributed by atoms with E-state index < -0.39 is 5.60 Å². The number of fused-ring (bicyclic) bond motifs is 5. The molecule has 0 amide bonds. The van der Waals surface area contributed by atoms with E-state index in [2.05, 4.69) is 23.9 Å². The number of rotatable bonds is 3. The van der Waals surface area contributed by atoms with Gasteiger partial charge in [-0.25, -0.2) is 15.0 Å². The van der Waals surface area contributed by atoms with Crippen LogP contribution in [0.15, 0.2) is 36.5 Å². The first kappa shape index (κ1) is 18.3. The van der Waals surface area contributed by atoms with Crippen molar-refractivity contribution in [2.45, 2.75) is 31.9 Å². The van der Waals surface area contributed by atoms with E-state index >= 15 is 0 Å². The van der Waals surface area contributed by atoms with Gasteiger partial charge in [0, 0.05) is 24.7 Å². The molecule has 3 aromatic heterocycles. The standard InChI is InChI=1S/C22H26N6O/c1-22(2,29)15-11-17-21(28-18-8-6-5-7-16(18)24-20(15)28)25-19(12-23-17)27-10-9-14(13-27)26(3)4/h5-8,11-12,14,29H,9-10,13H2,1-4H3. The van der Waals surface area contributed by atoms with Gasteiger partial charge in [-0.1, -0.05) is 12.1 Å². The van der Waals surface area contributed by atoms with Crippen molar-refractivity contribution >= 4 is 33.7 Å². The van der Waals surface area contributed by atoms with Gasteiger partial charge in [0.25, 0.3) is 0 Å². The van der Waals surface area contributed by atoms with Crippen LogP contribution in [0, 0.1) is 0 Å². The first-order chi connectivity index (χ1) is 13.8. The van der Waals surface area contributed by atoms with E-state index in [9.17, 15) is 5.11 Å². The number of imidazole rings is 1. The molecule has 5 rings (SSSR count). The Balaban J connectivity index is 1.76. The minimum atomic E-state index is -1.04. The second-order valence-electron chi connectivity index (χ2n) is 8.67. The van der Waals surface area contributed by atoms with E-state index in [4.69, 9.17) is 15.0 Å². The quantitative estimate of drug-likeness (QED) is 0.580. The van der Waals surface area contributed by atoms with Gasteiger partial charge in [0.05, 0.1) is 22.8 Å². The van der Waals surface area contributed by atoms with Gasteiger partial charge in [-0.15, -0.1) is 0 Å². The minimum absolute atomic E-state index is 0.527. The zero-order chi connectivity index (χ0) is 20.3. The van der Waals surface area contributed by atoms with E-state index in [0.717, 1.165) is 58.7 Å². The van der Waals surface area contributed by atoms with Crippen molar-refractivity contribution in [2.24, 2.45) is 0 Å². The van der Waals surface area contributed by atoms with E-state index in [1.54, 1.807) is 13.8 Å². The second-order valence-corrected chi connectivity index (χ2v) is 8.67. The normalized spacial score (nSPS) is 18.0. The van der Waals surface area contributed by atoms with Gasteiger partial charge in [-0.3, -0.25) is 4.40 Å². The maximum Gasteiger partial charge on any atom is 0.167 e. The number of aliphatic hydroxyl groups is 1. The Bertz CT molecular complexity index is 1220. The fourth-order valence-corrected chi connectivity index (χ4v) is 4.24. The number of pyridine rings is 1. The van der Waals surface area contributed by atoms with Crippen LogP contribution in [0.1, 0.15) is 25.8 Å². The fraction of sp³-hybridized carbons (Fsp3) is 0.409. The summed E-state index contributed by atoms with van der Waals surface area (Å²) in [6.45, 7) is 5.48. The van der Waals surface area contributed by atoms with Crippen molar-refractivity contribution in [3.8, 4) is 0 Å². The van der Waals surface area contributed by atoms with Crippen LogP contribution in [0.3, 0.4) is 0 Å². The molecule has 7 nitrogen and oxygen atoms in total. The molecule has 29 heavy (non-hydrogen) atoms. The number of anilines is 1. The van der Waals surface area contributed by atoms with Crippen LogP contribution >= 0.6 is 0 Å². The van der Waals surface area contributed by atoms with E-state index in [0.29, 0.717) is 6.04 Å². The van der Waals surface area contributed by atoms with Crippen LogP contribution in [0.2, 0.25) is 0 Å². The van der Waals surface area contributed by atoms with Gasteiger partial charge >= 0.3 is 0 Å². The number of hydrogen-bond acceptors (Lipinski definition) is 6. The van der Waals surface area contributed by atoms with Crippen LogP contribution in [-0.2, 0) is 5.60 Å². The molecule has 1 atom stereocenters. The fourth-order valence-electron chi connectivity index (χ4n) is 4.24. The topological polar surface area (TPSA) is 69.8 Å². The number of nitrogens with zero attached hydrogens (tertiary/aromatic N) is 6. The summed E-state index contributed by atoms with van der Waals surface area (Å²) < 4.78 is 2.04. The van der Waals surface area contributed by atoms with Crippen LogP contribution in [0.25, 0.3) is 27.8 Å². The molecule has 0 radical (unpaired) electrons. The molecule has 150 valence electrons. The Morgan fingerprint density at radius 2 is 1.90 bits per heavy atom. The Morgan fingerprint density at radius 3 is 2.62 bits per heavy atom. The summed E-state index contributed by atoms with van der Waals surface area (Å²) in [4.78, 5) is 19.1. The molecule has 4 heterocycles. The summed E-state index contributed by atoms with van der Waals surface area (Å²) in [6, 6.07) is 10.4. The smallest absolute Gasteiger partial charge is 0.167 e. The van der Waals surface area contributed by atoms with Gasteiger partial charge < -0.3 is 14.9 Å². The first-order valence-corrected chi connectivity index (χ1v) is 10.0. The summed E-state index contributed by atoms with van der Waals surface area (Å²) >= 11 is 0. The SMILES string of the molecule is CN(C)C1CCN(c2cnc3cc(C(C)(C)O)c4nc5ccccc5n4c3n2)C1. The lowest BCUT2D eigenvalue weighted by molar-refractivity contribution is 0.0798. The van der Waals surface area contributed by atoms with Crippen LogP contribution in [0.5, 0.6) is 0 Å². The number of likely N-dealkylation sites (N-methyl/N-ethyl adjacent to an activating group) is 1. The summed E-state index contributed by atoms with van der Waals surface area (Å²) in [7, 11) is 4.25. The molecule has 4 aromatic rings. The van der Waals surface area contributed by atoms with Gasteiger partial charge in [0.2, 0.25) is 0 Å². The molecule has 7 heteroatoms. The zero-order valence-electron chi connectivity index (χ0n) is 17.3. The highest BCUT2D eigenvalue weighted by atomic mass is 16.3. The second kappa shape index (κ2) is 6.37. The van der Waals surface area contributed by atoms with Crippen LogP contribution in [-0.4, -0.2) is 62.6 Å². The maximum absolute atomic E-state index is 10.8. The Hall–Kier alpha value is -2.77. The molecular weight excluding hydrogens is 364 g/mol. The predicted molar refractivity (Wildman–Crippen MR) is 115 cm³/mol. The number of para-hydroxylation sites is 2. The third kappa shape index (κ3) is 2.92. The van der Waals surface area contributed by atoms with Gasteiger partial charge in [0.1, 0.15) is 17.0 Å². The summed E-state index contributed by atoms with van der Waals surface area (Å²) in [5.41, 5.74) is 3.81. The molecule has 0 aliphatic carbocycles. The molecule has 1 fully saturated rings. The lowest BCUT2D eigenvalue weighted by atomic mass is 9.99. The third-order valence-electron chi connectivity index (χ3n) is 5.94. The molecule has 0 saturated carbocycles. The zero-order valence-corrected chi connectivity index (χ0v) is 17.3. The van der Waals surface area contributed by atoms with E-state index in [1.807, 2.05) is 40.9 Å². The lowest BCUT2D eigenvalue weighted by Gasteiger charge is -2.22. The Labute approximate surface area is 169 Å². The van der Waals surface area contributed by atoms with Crippen molar-refractivity contribution in [1.82, 2.24) is 24.3 Å². The van der Waals surface area contributed by atoms with Gasteiger partial charge in [0.15, 0.2) is 5.65 Å². The number of hydrogen-bond donors (Lipinski definition) is 1. The number of aromatic nitrogens is 4. The molecule has 1 unspecified atom stereocenters. The van der Waals surface area contributed by atoms with Crippen LogP contribution in [0.4, 0.5) is 5.82 Å². The first-order valence-electron chi connectivity index (χ1n) is 10.0. The third-order valence-corrected chi connectivity index (χ3v) is 5.94. The molecule has 0 spiro atoms. The average Bonchev–Trinajstić information content (AvgIpc) is 3.31. The average molecular weight is 390 g/mol. The molecule has 1 aliphatic rings. The highest BCUT2D eigenvalue weighted by Gasteiger charge is 2.27. The van der Waals surface area contributed by atoms with E-state index in [1.165, 1.54) is 0 Å². The Morgan fingerprint density at radius 1 is 1.10 bits per heavy atom. The number of benzene rings is 1. The van der Waals surface area contributed by atoms with Crippen molar-refractivity contribution in [1.29, 1.82) is 0 Å². The molecule has 1 aliphatic heterocycles. The van der Waals surface area contributed by atoms with Crippen molar-refractivity contribution < 1.29 is 5.11 Å². The lowest BCUT2D eigenvalue weighted by Crippen LogP contribution is -2.31. The minimum Gasteiger partial charge on any atom is -0.386 e. The summed E-state index contributed by atoms with van der Waals surface area (Å²) in [5.74, 6) is 0.886. The molecule has 1 saturated heterocycles. The molecule has 1 N–H and O–H groups in total. The van der Waals surface area contributed by atoms with Crippen LogP contribution < -0.4 is 4.90 Å². The maximum atomic E-state index is 10.8. The summed E-state index contributed by atoms with van der Waals surface area (Å²) in [5, 5.41) is 10.8. The predicted octanol–water partition coefficient (Wildman–Crippen LogP) is 2.80. The monoisotopic (exact) mass is 390 g/mol. The van der Waals surface area contributed by atoms with Crippen molar-refractivity contribution in [3.63, 3.8) is 0 Å².